The van der Waals surface area contributed by atoms with Gasteiger partial charge in [-0.1, -0.05) is 11.6 Å². The molecular weight excluding hydrogens is 250 g/mol. The topological polar surface area (TPSA) is 49.2 Å². The fourth-order valence-corrected chi connectivity index (χ4v) is 3.33. The molecule has 1 unspecified atom stereocenters. The van der Waals surface area contributed by atoms with E-state index < -0.39 is 0 Å². The van der Waals surface area contributed by atoms with Crippen LogP contribution in [-0.2, 0) is 0 Å². The smallest absolute Gasteiger partial charge is 0.225 e. The van der Waals surface area contributed by atoms with Gasteiger partial charge in [0.1, 0.15) is 0 Å². The van der Waals surface area contributed by atoms with Crippen LogP contribution < -0.4 is 4.90 Å². The van der Waals surface area contributed by atoms with E-state index in [1.165, 1.54) is 19.3 Å². The van der Waals surface area contributed by atoms with Gasteiger partial charge in [0.05, 0.1) is 17.4 Å². The summed E-state index contributed by atoms with van der Waals surface area (Å²) in [4.78, 5) is 10.8. The van der Waals surface area contributed by atoms with E-state index in [1.54, 1.807) is 12.4 Å². The SMILES string of the molecule is OCCC1CC12CCN(c1ncc(Cl)cn1)CC2. The summed E-state index contributed by atoms with van der Waals surface area (Å²) in [6, 6.07) is 0. The molecule has 1 atom stereocenters. The van der Waals surface area contributed by atoms with E-state index in [2.05, 4.69) is 14.9 Å². The number of aromatic nitrogens is 2. The van der Waals surface area contributed by atoms with Crippen molar-refractivity contribution < 1.29 is 5.11 Å². The molecule has 1 aromatic heterocycles. The Morgan fingerprint density at radius 1 is 1.33 bits per heavy atom. The molecule has 0 radical (unpaired) electrons. The zero-order valence-electron chi connectivity index (χ0n) is 10.3. The second-order valence-corrected chi connectivity index (χ2v) is 5.90. The summed E-state index contributed by atoms with van der Waals surface area (Å²) >= 11 is 5.79. The van der Waals surface area contributed by atoms with E-state index in [0.29, 0.717) is 17.0 Å². The minimum absolute atomic E-state index is 0.330. The zero-order chi connectivity index (χ0) is 12.6. The summed E-state index contributed by atoms with van der Waals surface area (Å²) in [6.07, 6.45) is 7.97. The van der Waals surface area contributed by atoms with Crippen LogP contribution in [0.3, 0.4) is 0 Å². The van der Waals surface area contributed by atoms with Gasteiger partial charge >= 0.3 is 0 Å². The maximum atomic E-state index is 9.00. The van der Waals surface area contributed by atoms with Gasteiger partial charge in [0, 0.05) is 19.7 Å². The summed E-state index contributed by atoms with van der Waals surface area (Å²) in [6.45, 7) is 2.36. The first-order valence-corrected chi connectivity index (χ1v) is 6.95. The summed E-state index contributed by atoms with van der Waals surface area (Å²) in [5.41, 5.74) is 0.519. The fourth-order valence-electron chi connectivity index (χ4n) is 3.23. The van der Waals surface area contributed by atoms with Gasteiger partial charge in [0.2, 0.25) is 5.95 Å². The minimum Gasteiger partial charge on any atom is -0.396 e. The highest BCUT2D eigenvalue weighted by Crippen LogP contribution is 2.60. The molecule has 2 heterocycles. The van der Waals surface area contributed by atoms with Gasteiger partial charge in [-0.15, -0.1) is 0 Å². The Labute approximate surface area is 112 Å². The van der Waals surface area contributed by atoms with Crippen molar-refractivity contribution in [3.8, 4) is 0 Å². The Hall–Kier alpha value is -0.870. The van der Waals surface area contributed by atoms with Crippen LogP contribution in [0.25, 0.3) is 0 Å². The van der Waals surface area contributed by atoms with Gasteiger partial charge in [0.25, 0.3) is 0 Å². The van der Waals surface area contributed by atoms with Crippen LogP contribution in [0.2, 0.25) is 5.02 Å². The largest absolute Gasteiger partial charge is 0.396 e. The van der Waals surface area contributed by atoms with Gasteiger partial charge in [-0.05, 0) is 37.0 Å². The maximum absolute atomic E-state index is 9.00. The molecule has 0 amide bonds. The lowest BCUT2D eigenvalue weighted by molar-refractivity contribution is 0.256. The summed E-state index contributed by atoms with van der Waals surface area (Å²) in [7, 11) is 0. The van der Waals surface area contributed by atoms with Crippen LogP contribution in [0.15, 0.2) is 12.4 Å². The zero-order valence-corrected chi connectivity index (χ0v) is 11.1. The molecule has 0 aromatic carbocycles. The predicted octanol–water partition coefficient (Wildman–Crippen LogP) is 2.12. The second kappa shape index (κ2) is 4.67. The molecule has 0 bridgehead atoms. The molecule has 1 spiro atoms. The van der Waals surface area contributed by atoms with Crippen LogP contribution in [0.4, 0.5) is 5.95 Å². The van der Waals surface area contributed by atoms with Crippen LogP contribution in [-0.4, -0.2) is 34.8 Å². The number of hydrogen-bond donors (Lipinski definition) is 1. The van der Waals surface area contributed by atoms with E-state index in [0.717, 1.165) is 31.4 Å². The van der Waals surface area contributed by atoms with Crippen LogP contribution in [0.5, 0.6) is 0 Å². The molecule has 4 nitrogen and oxygen atoms in total. The number of hydrogen-bond acceptors (Lipinski definition) is 4. The second-order valence-electron chi connectivity index (χ2n) is 5.46. The molecule has 1 aromatic rings. The Kier molecular flexibility index (Phi) is 3.16. The monoisotopic (exact) mass is 267 g/mol. The van der Waals surface area contributed by atoms with Crippen molar-refractivity contribution in [3.63, 3.8) is 0 Å². The lowest BCUT2D eigenvalue weighted by atomic mass is 9.90. The van der Waals surface area contributed by atoms with Crippen LogP contribution >= 0.6 is 11.6 Å². The highest BCUT2D eigenvalue weighted by atomic mass is 35.5. The minimum atomic E-state index is 0.330. The van der Waals surface area contributed by atoms with E-state index in [4.69, 9.17) is 16.7 Å². The molecule has 2 aliphatic rings. The van der Waals surface area contributed by atoms with E-state index in [1.807, 2.05) is 0 Å². The van der Waals surface area contributed by atoms with Crippen molar-refractivity contribution >= 4 is 17.5 Å². The fraction of sp³-hybridized carbons (Fsp3) is 0.692. The molecule has 1 saturated carbocycles. The van der Waals surface area contributed by atoms with Crippen LogP contribution in [0.1, 0.15) is 25.7 Å². The lowest BCUT2D eigenvalue weighted by Gasteiger charge is -2.33. The van der Waals surface area contributed by atoms with Crippen molar-refractivity contribution in [1.82, 2.24) is 9.97 Å². The highest BCUT2D eigenvalue weighted by molar-refractivity contribution is 6.30. The first-order valence-electron chi connectivity index (χ1n) is 6.57. The van der Waals surface area contributed by atoms with Gasteiger partial charge in [0.15, 0.2) is 0 Å². The van der Waals surface area contributed by atoms with E-state index in [-0.39, 0.29) is 0 Å². The molecule has 18 heavy (non-hydrogen) atoms. The normalized spacial score (nSPS) is 25.4. The predicted molar refractivity (Wildman–Crippen MR) is 70.7 cm³/mol. The first-order chi connectivity index (χ1) is 8.73. The Balaban J connectivity index is 1.59. The van der Waals surface area contributed by atoms with Crippen molar-refractivity contribution in [1.29, 1.82) is 0 Å². The van der Waals surface area contributed by atoms with Gasteiger partial charge in [-0.25, -0.2) is 9.97 Å². The maximum Gasteiger partial charge on any atom is 0.225 e. The molecule has 3 rings (SSSR count). The summed E-state index contributed by atoms with van der Waals surface area (Å²) < 4.78 is 0. The number of aliphatic hydroxyl groups excluding tert-OH is 1. The molecule has 2 fully saturated rings. The molecule has 5 heteroatoms. The average molecular weight is 268 g/mol. The number of piperidine rings is 1. The van der Waals surface area contributed by atoms with Gasteiger partial charge < -0.3 is 10.0 Å². The molecule has 1 aliphatic carbocycles. The number of anilines is 1. The molecule has 1 N–H and O–H groups in total. The molecule has 98 valence electrons. The first kappa shape index (κ1) is 12.2. The highest BCUT2D eigenvalue weighted by Gasteiger charge is 2.54. The van der Waals surface area contributed by atoms with Crippen molar-refractivity contribution in [2.24, 2.45) is 11.3 Å². The molecule has 1 aliphatic heterocycles. The van der Waals surface area contributed by atoms with Crippen molar-refractivity contribution in [3.05, 3.63) is 17.4 Å². The van der Waals surface area contributed by atoms with E-state index >= 15 is 0 Å². The number of rotatable bonds is 3. The number of aliphatic hydroxyl groups is 1. The van der Waals surface area contributed by atoms with Gasteiger partial charge in [-0.3, -0.25) is 0 Å². The average Bonchev–Trinajstić information content (AvgIpc) is 3.05. The number of nitrogens with zero attached hydrogens (tertiary/aromatic N) is 3. The molecule has 1 saturated heterocycles. The standard InChI is InChI=1S/C13H18ClN3O/c14-11-8-15-12(16-9-11)17-4-2-13(3-5-17)7-10(13)1-6-18/h8-10,18H,1-7H2. The van der Waals surface area contributed by atoms with E-state index in [9.17, 15) is 0 Å². The third-order valence-electron chi connectivity index (χ3n) is 4.49. The molecular formula is C13H18ClN3O. The van der Waals surface area contributed by atoms with Crippen LogP contribution in [0, 0.1) is 11.3 Å². The lowest BCUT2D eigenvalue weighted by Crippen LogP contribution is -2.36. The third kappa shape index (κ3) is 2.19. The van der Waals surface area contributed by atoms with Gasteiger partial charge in [-0.2, -0.15) is 0 Å². The summed E-state index contributed by atoms with van der Waals surface area (Å²) in [5.74, 6) is 1.53. The third-order valence-corrected chi connectivity index (χ3v) is 4.68. The summed E-state index contributed by atoms with van der Waals surface area (Å²) in [5, 5.41) is 9.58. The quantitative estimate of drug-likeness (QED) is 0.911. The van der Waals surface area contributed by atoms with Crippen molar-refractivity contribution in [2.45, 2.75) is 25.7 Å². The number of halogens is 1. The Morgan fingerprint density at radius 2 is 2.00 bits per heavy atom. The van der Waals surface area contributed by atoms with Crippen molar-refractivity contribution in [2.75, 3.05) is 24.6 Å². The Morgan fingerprint density at radius 3 is 2.61 bits per heavy atom. The Bertz CT molecular complexity index is 415.